The summed E-state index contributed by atoms with van der Waals surface area (Å²) in [6.45, 7) is 3.98. The van der Waals surface area contributed by atoms with Gasteiger partial charge in [0.2, 0.25) is 0 Å². The van der Waals surface area contributed by atoms with E-state index in [4.69, 9.17) is 11.6 Å². The second-order valence-electron chi connectivity index (χ2n) is 8.21. The molecule has 1 fully saturated rings. The number of hydrogen-bond acceptors (Lipinski definition) is 4. The molecule has 1 aromatic heterocycles. The molecule has 8 heteroatoms. The molecule has 6 nitrogen and oxygen atoms in total. The number of nitrogens with zero attached hydrogens (tertiary/aromatic N) is 4. The van der Waals surface area contributed by atoms with Crippen LogP contribution in [-0.2, 0) is 0 Å². The van der Waals surface area contributed by atoms with Gasteiger partial charge in [0.1, 0.15) is 5.69 Å². The Labute approximate surface area is 210 Å². The zero-order valence-electron chi connectivity index (χ0n) is 18.7. The zero-order chi connectivity index (χ0) is 22.8. The normalized spacial score (nSPS) is 15.6. The lowest BCUT2D eigenvalue weighted by atomic mass is 10.0. The second-order valence-corrected chi connectivity index (χ2v) is 8.65. The minimum Gasteiger partial charge on any atom is -0.348 e. The van der Waals surface area contributed by atoms with E-state index in [1.165, 1.54) is 0 Å². The highest BCUT2D eigenvalue weighted by atomic mass is 35.5. The van der Waals surface area contributed by atoms with Gasteiger partial charge in [-0.25, -0.2) is 4.79 Å². The smallest absolute Gasteiger partial charge is 0.321 e. The Balaban J connectivity index is 0.00000274. The molecule has 174 valence electrons. The predicted molar refractivity (Wildman–Crippen MR) is 141 cm³/mol. The summed E-state index contributed by atoms with van der Waals surface area (Å²) in [7, 11) is 0. The quantitative estimate of drug-likeness (QED) is 0.373. The van der Waals surface area contributed by atoms with E-state index in [0.717, 1.165) is 33.5 Å². The fraction of sp³-hybridized carbons (Fsp3) is 0.192. The molecule has 5 rings (SSSR count). The van der Waals surface area contributed by atoms with Crippen LogP contribution in [-0.4, -0.2) is 46.8 Å². The van der Waals surface area contributed by atoms with Crippen molar-refractivity contribution in [3.05, 3.63) is 83.9 Å². The molecule has 2 heterocycles. The van der Waals surface area contributed by atoms with Crippen LogP contribution in [0.4, 0.5) is 16.3 Å². The van der Waals surface area contributed by atoms with Crippen molar-refractivity contribution in [1.82, 2.24) is 15.1 Å². The Kier molecular flexibility index (Phi) is 7.20. The first-order valence-corrected chi connectivity index (χ1v) is 11.4. The fourth-order valence-corrected chi connectivity index (χ4v) is 4.43. The molecule has 2 amide bonds. The molecular weight excluding hydrogens is 469 g/mol. The molecule has 0 unspecified atom stereocenters. The number of urea groups is 1. The molecule has 0 aliphatic carbocycles. The first kappa shape index (κ1) is 23.8. The first-order chi connectivity index (χ1) is 16.1. The predicted octanol–water partition coefficient (Wildman–Crippen LogP) is 6.11. The lowest BCUT2D eigenvalue weighted by Gasteiger charge is -2.40. The van der Waals surface area contributed by atoms with Gasteiger partial charge >= 0.3 is 6.03 Å². The van der Waals surface area contributed by atoms with Crippen molar-refractivity contribution in [1.29, 1.82) is 0 Å². The molecule has 0 radical (unpaired) electrons. The number of fused-ring (bicyclic) bond motifs is 1. The third-order valence-corrected chi connectivity index (χ3v) is 6.25. The van der Waals surface area contributed by atoms with Crippen molar-refractivity contribution in [2.75, 3.05) is 29.9 Å². The van der Waals surface area contributed by atoms with Gasteiger partial charge in [-0.2, -0.15) is 0 Å². The van der Waals surface area contributed by atoms with Gasteiger partial charge in [0.25, 0.3) is 0 Å². The highest BCUT2D eigenvalue weighted by Crippen LogP contribution is 2.32. The molecular formula is C26H25Cl2N5O. The van der Waals surface area contributed by atoms with Crippen LogP contribution >= 0.6 is 24.0 Å². The number of anilines is 2. The number of aromatic nitrogens is 2. The molecule has 0 bridgehead atoms. The Morgan fingerprint density at radius 1 is 0.912 bits per heavy atom. The van der Waals surface area contributed by atoms with E-state index in [9.17, 15) is 4.79 Å². The molecule has 1 aliphatic heterocycles. The van der Waals surface area contributed by atoms with E-state index in [0.29, 0.717) is 24.7 Å². The zero-order valence-corrected chi connectivity index (χ0v) is 20.3. The fourth-order valence-electron chi connectivity index (χ4n) is 4.30. The number of carbonyl (C=O) groups excluding carboxylic acids is 1. The van der Waals surface area contributed by atoms with Gasteiger partial charge < -0.3 is 15.1 Å². The summed E-state index contributed by atoms with van der Waals surface area (Å²) in [4.78, 5) is 16.9. The van der Waals surface area contributed by atoms with Gasteiger partial charge in [-0.3, -0.25) is 0 Å². The average Bonchev–Trinajstić information content (AvgIpc) is 2.85. The van der Waals surface area contributed by atoms with Crippen molar-refractivity contribution in [2.45, 2.75) is 13.0 Å². The number of piperazine rings is 1. The van der Waals surface area contributed by atoms with Gasteiger partial charge in [0, 0.05) is 52.7 Å². The summed E-state index contributed by atoms with van der Waals surface area (Å²) < 4.78 is 0. The van der Waals surface area contributed by atoms with Crippen LogP contribution in [0.3, 0.4) is 0 Å². The van der Waals surface area contributed by atoms with Crippen molar-refractivity contribution in [2.24, 2.45) is 0 Å². The van der Waals surface area contributed by atoms with Crippen molar-refractivity contribution in [3.8, 4) is 11.3 Å². The van der Waals surface area contributed by atoms with Crippen LogP contribution in [0.25, 0.3) is 22.0 Å². The minimum absolute atomic E-state index is 0. The Bertz CT molecular complexity index is 1280. The number of rotatable bonds is 3. The Hall–Kier alpha value is -3.35. The maximum Gasteiger partial charge on any atom is 0.321 e. The summed E-state index contributed by atoms with van der Waals surface area (Å²) in [6.07, 6.45) is 0. The highest BCUT2D eigenvalue weighted by molar-refractivity contribution is 6.30. The molecule has 1 saturated heterocycles. The number of nitrogens with one attached hydrogen (secondary N) is 1. The molecule has 0 saturated carbocycles. The topological polar surface area (TPSA) is 61.4 Å². The standard InChI is InChI=1S/C26H24ClN5O.ClH/c1-18-17-31(26(33)28-21-13-11-20(27)12-14-21)15-16-32(18)25-23-10-6-5-9-22(23)24(29-30-25)19-7-3-2-4-8-19;/h2-14,18H,15-17H2,1H3,(H,28,33);1H/t18-;/m0./s1. The van der Waals surface area contributed by atoms with Gasteiger partial charge in [-0.15, -0.1) is 22.6 Å². The summed E-state index contributed by atoms with van der Waals surface area (Å²) in [5.41, 5.74) is 2.65. The lowest BCUT2D eigenvalue weighted by molar-refractivity contribution is 0.200. The lowest BCUT2D eigenvalue weighted by Crippen LogP contribution is -2.55. The number of amides is 2. The van der Waals surface area contributed by atoms with Crippen LogP contribution in [0, 0.1) is 0 Å². The van der Waals surface area contributed by atoms with Gasteiger partial charge in [0.15, 0.2) is 5.82 Å². The van der Waals surface area contributed by atoms with Gasteiger partial charge in [-0.05, 0) is 31.2 Å². The Morgan fingerprint density at radius 3 is 2.29 bits per heavy atom. The van der Waals surface area contributed by atoms with E-state index < -0.39 is 0 Å². The molecule has 1 N–H and O–H groups in total. The number of hydrogen-bond donors (Lipinski definition) is 1. The third kappa shape index (κ3) is 4.79. The molecule has 0 spiro atoms. The maximum absolute atomic E-state index is 12.8. The van der Waals surface area contributed by atoms with E-state index in [1.54, 1.807) is 24.3 Å². The average molecular weight is 494 g/mol. The minimum atomic E-state index is -0.112. The van der Waals surface area contributed by atoms with Crippen LogP contribution in [0.15, 0.2) is 78.9 Å². The monoisotopic (exact) mass is 493 g/mol. The number of halogens is 2. The molecule has 1 atom stereocenters. The third-order valence-electron chi connectivity index (χ3n) is 6.00. The largest absolute Gasteiger partial charge is 0.348 e. The molecule has 34 heavy (non-hydrogen) atoms. The molecule has 1 aliphatic rings. The number of benzene rings is 3. The van der Waals surface area contributed by atoms with E-state index in [2.05, 4.69) is 51.6 Å². The summed E-state index contributed by atoms with van der Waals surface area (Å²) >= 11 is 5.94. The second kappa shape index (κ2) is 10.3. The van der Waals surface area contributed by atoms with Crippen LogP contribution in [0.1, 0.15) is 6.92 Å². The number of carbonyl (C=O) groups is 1. The van der Waals surface area contributed by atoms with Crippen molar-refractivity contribution >= 4 is 52.3 Å². The van der Waals surface area contributed by atoms with Crippen LogP contribution < -0.4 is 10.2 Å². The summed E-state index contributed by atoms with van der Waals surface area (Å²) in [5, 5.41) is 15.0. The van der Waals surface area contributed by atoms with E-state index in [1.807, 2.05) is 35.2 Å². The molecule has 4 aromatic rings. The molecule has 3 aromatic carbocycles. The highest BCUT2D eigenvalue weighted by Gasteiger charge is 2.29. The van der Waals surface area contributed by atoms with Gasteiger partial charge in [0.05, 0.1) is 0 Å². The van der Waals surface area contributed by atoms with Gasteiger partial charge in [-0.1, -0.05) is 66.2 Å². The van der Waals surface area contributed by atoms with E-state index in [-0.39, 0.29) is 24.5 Å². The van der Waals surface area contributed by atoms with Crippen LogP contribution in [0.2, 0.25) is 5.02 Å². The maximum atomic E-state index is 12.8. The summed E-state index contributed by atoms with van der Waals surface area (Å²) in [5.74, 6) is 0.857. The first-order valence-electron chi connectivity index (χ1n) is 11.0. The van der Waals surface area contributed by atoms with Crippen molar-refractivity contribution in [3.63, 3.8) is 0 Å². The SMILES string of the molecule is C[C@H]1CN(C(=O)Nc2ccc(Cl)cc2)CCN1c1nnc(-c2ccccc2)c2ccccc12.Cl. The van der Waals surface area contributed by atoms with Crippen molar-refractivity contribution < 1.29 is 4.79 Å². The van der Waals surface area contributed by atoms with E-state index >= 15 is 0 Å². The Morgan fingerprint density at radius 2 is 1.59 bits per heavy atom. The van der Waals surface area contributed by atoms with Crippen LogP contribution in [0.5, 0.6) is 0 Å². The summed E-state index contributed by atoms with van der Waals surface area (Å²) in [6, 6.07) is 25.5.